The van der Waals surface area contributed by atoms with Gasteiger partial charge < -0.3 is 14.5 Å². The second-order valence-electron chi connectivity index (χ2n) is 6.87. The minimum Gasteiger partial charge on any atom is -0.496 e. The first-order valence-corrected chi connectivity index (χ1v) is 10.2. The van der Waals surface area contributed by atoms with Crippen LogP contribution in [0.2, 0.25) is 0 Å². The Hall–Kier alpha value is -2.05. The summed E-state index contributed by atoms with van der Waals surface area (Å²) in [5.41, 5.74) is 2.10. The van der Waals surface area contributed by atoms with E-state index in [9.17, 15) is 9.18 Å². The highest BCUT2D eigenvalue weighted by molar-refractivity contribution is 8.00. The van der Waals surface area contributed by atoms with Crippen LogP contribution in [-0.4, -0.2) is 49.8 Å². The van der Waals surface area contributed by atoms with Gasteiger partial charge in [-0.15, -0.1) is 11.8 Å². The number of halogens is 1. The molecule has 0 saturated carbocycles. The van der Waals surface area contributed by atoms with Gasteiger partial charge in [-0.3, -0.25) is 4.79 Å². The minimum atomic E-state index is -0.243. The number of amides is 1. The number of quaternary nitrogens is 1. The number of hydrogen-bond acceptors (Lipinski definition) is 3. The molecule has 0 atom stereocenters. The molecule has 6 heteroatoms. The number of benzene rings is 2. The number of thioether (sulfide) groups is 1. The quantitative estimate of drug-likeness (QED) is 0.769. The molecule has 2 aromatic rings. The van der Waals surface area contributed by atoms with E-state index < -0.39 is 0 Å². The predicted molar refractivity (Wildman–Crippen MR) is 106 cm³/mol. The number of aryl methyl sites for hydroxylation is 1. The molecule has 1 heterocycles. The zero-order valence-electron chi connectivity index (χ0n) is 15.8. The van der Waals surface area contributed by atoms with Crippen molar-refractivity contribution in [2.24, 2.45) is 0 Å². The molecule has 2 aromatic carbocycles. The second-order valence-corrected chi connectivity index (χ2v) is 7.91. The number of methoxy groups -OCH3 is 1. The molecule has 1 aliphatic rings. The lowest BCUT2D eigenvalue weighted by Crippen LogP contribution is -3.13. The third kappa shape index (κ3) is 5.47. The third-order valence-electron chi connectivity index (χ3n) is 4.89. The zero-order valence-corrected chi connectivity index (χ0v) is 16.7. The maximum Gasteiger partial charge on any atom is 0.233 e. The summed E-state index contributed by atoms with van der Waals surface area (Å²) in [6.45, 7) is 5.96. The Morgan fingerprint density at radius 3 is 2.56 bits per heavy atom. The Morgan fingerprint density at radius 2 is 1.89 bits per heavy atom. The van der Waals surface area contributed by atoms with Gasteiger partial charge >= 0.3 is 0 Å². The van der Waals surface area contributed by atoms with Crippen molar-refractivity contribution < 1.29 is 18.8 Å². The number of hydrogen-bond donors (Lipinski definition) is 1. The number of nitrogens with zero attached hydrogens (tertiary/aromatic N) is 1. The van der Waals surface area contributed by atoms with Crippen molar-refractivity contribution in [2.75, 3.05) is 39.0 Å². The third-order valence-corrected chi connectivity index (χ3v) is 5.89. The number of ether oxygens (including phenoxy) is 1. The molecule has 0 bridgehead atoms. The lowest BCUT2D eigenvalue weighted by atomic mass is 10.1. The number of piperazine rings is 1. The SMILES string of the molecule is COc1ccc(F)cc1C[NH+]1CCN(C(=O)CSc2ccc(C)cc2)CC1. The summed E-state index contributed by atoms with van der Waals surface area (Å²) in [6.07, 6.45) is 0. The molecule has 1 aliphatic heterocycles. The van der Waals surface area contributed by atoms with Crippen molar-refractivity contribution >= 4 is 17.7 Å². The lowest BCUT2D eigenvalue weighted by molar-refractivity contribution is -0.917. The summed E-state index contributed by atoms with van der Waals surface area (Å²) >= 11 is 1.58. The lowest BCUT2D eigenvalue weighted by Gasteiger charge is -2.32. The minimum absolute atomic E-state index is 0.183. The van der Waals surface area contributed by atoms with Crippen LogP contribution in [-0.2, 0) is 11.3 Å². The Bertz CT molecular complexity index is 774. The normalized spacial score (nSPS) is 15.0. The average molecular weight is 390 g/mol. The van der Waals surface area contributed by atoms with Gasteiger partial charge in [0, 0.05) is 4.90 Å². The summed E-state index contributed by atoms with van der Waals surface area (Å²) in [5.74, 6) is 1.13. The van der Waals surface area contributed by atoms with Gasteiger partial charge in [-0.1, -0.05) is 17.7 Å². The Morgan fingerprint density at radius 1 is 1.19 bits per heavy atom. The average Bonchev–Trinajstić information content (AvgIpc) is 2.68. The molecule has 1 N–H and O–H groups in total. The topological polar surface area (TPSA) is 34.0 Å². The van der Waals surface area contributed by atoms with E-state index in [1.807, 2.05) is 4.90 Å². The van der Waals surface area contributed by atoms with Crippen molar-refractivity contribution in [3.8, 4) is 5.75 Å². The second kappa shape index (κ2) is 9.24. The fourth-order valence-electron chi connectivity index (χ4n) is 3.27. The molecule has 27 heavy (non-hydrogen) atoms. The molecule has 3 rings (SSSR count). The van der Waals surface area contributed by atoms with Gasteiger partial charge in [0.25, 0.3) is 0 Å². The van der Waals surface area contributed by atoms with E-state index >= 15 is 0 Å². The predicted octanol–water partition coefficient (Wildman–Crippen LogP) is 2.16. The van der Waals surface area contributed by atoms with Gasteiger partial charge in [-0.25, -0.2) is 4.39 Å². The summed E-state index contributed by atoms with van der Waals surface area (Å²) in [4.78, 5) is 16.9. The van der Waals surface area contributed by atoms with Gasteiger partial charge in [0.1, 0.15) is 18.1 Å². The fourth-order valence-corrected chi connectivity index (χ4v) is 4.08. The van der Waals surface area contributed by atoms with E-state index in [2.05, 4.69) is 31.2 Å². The van der Waals surface area contributed by atoms with Crippen LogP contribution < -0.4 is 9.64 Å². The molecule has 1 fully saturated rings. The molecule has 1 amide bonds. The molecule has 0 spiro atoms. The van der Waals surface area contributed by atoms with E-state index in [0.717, 1.165) is 42.4 Å². The highest BCUT2D eigenvalue weighted by Crippen LogP contribution is 2.19. The first kappa shape index (κ1) is 19.7. The standard InChI is InChI=1S/C21H25FN2O2S/c1-16-3-6-19(7-4-16)27-15-21(25)24-11-9-23(10-12-24)14-17-13-18(22)5-8-20(17)26-2/h3-8,13H,9-12,14-15H2,1-2H3/p+1. The van der Waals surface area contributed by atoms with E-state index in [-0.39, 0.29) is 11.7 Å². The zero-order chi connectivity index (χ0) is 19.2. The summed E-state index contributed by atoms with van der Waals surface area (Å²) in [6, 6.07) is 12.9. The van der Waals surface area contributed by atoms with Gasteiger partial charge in [-0.05, 0) is 37.3 Å². The van der Waals surface area contributed by atoms with Crippen LogP contribution in [0.15, 0.2) is 47.4 Å². The molecule has 1 saturated heterocycles. The molecule has 144 valence electrons. The van der Waals surface area contributed by atoms with E-state index in [0.29, 0.717) is 12.3 Å². The van der Waals surface area contributed by atoms with Crippen LogP contribution in [0, 0.1) is 12.7 Å². The maximum absolute atomic E-state index is 13.5. The van der Waals surface area contributed by atoms with Crippen molar-refractivity contribution in [2.45, 2.75) is 18.4 Å². The number of carbonyl (C=O) groups is 1. The van der Waals surface area contributed by atoms with Gasteiger partial charge in [0.15, 0.2) is 0 Å². The van der Waals surface area contributed by atoms with E-state index in [1.54, 1.807) is 31.0 Å². The first-order chi connectivity index (χ1) is 13.0. The molecular weight excluding hydrogens is 363 g/mol. The number of nitrogens with one attached hydrogen (secondary N) is 1. The molecule has 0 radical (unpaired) electrons. The Labute approximate surface area is 164 Å². The molecular formula is C21H26FN2O2S+. The molecule has 0 unspecified atom stereocenters. The van der Waals surface area contributed by atoms with Crippen LogP contribution in [0.5, 0.6) is 5.75 Å². The van der Waals surface area contributed by atoms with Gasteiger partial charge in [0.05, 0.1) is 44.6 Å². The largest absolute Gasteiger partial charge is 0.496 e. The molecule has 0 aliphatic carbocycles. The number of carbonyl (C=O) groups excluding carboxylic acids is 1. The highest BCUT2D eigenvalue weighted by Gasteiger charge is 2.24. The highest BCUT2D eigenvalue weighted by atomic mass is 32.2. The van der Waals surface area contributed by atoms with Crippen LogP contribution in [0.1, 0.15) is 11.1 Å². The fraction of sp³-hybridized carbons (Fsp3) is 0.381. The Kier molecular flexibility index (Phi) is 6.74. The van der Waals surface area contributed by atoms with Gasteiger partial charge in [-0.2, -0.15) is 0 Å². The van der Waals surface area contributed by atoms with Crippen LogP contribution in [0.25, 0.3) is 0 Å². The number of rotatable bonds is 6. The summed E-state index contributed by atoms with van der Waals surface area (Å²) in [5, 5.41) is 0. The van der Waals surface area contributed by atoms with Crippen molar-refractivity contribution in [1.82, 2.24) is 4.90 Å². The maximum atomic E-state index is 13.5. The van der Waals surface area contributed by atoms with E-state index in [4.69, 9.17) is 4.74 Å². The molecule has 4 nitrogen and oxygen atoms in total. The van der Waals surface area contributed by atoms with Crippen molar-refractivity contribution in [3.63, 3.8) is 0 Å². The van der Waals surface area contributed by atoms with Gasteiger partial charge in [0.2, 0.25) is 5.91 Å². The Balaban J connectivity index is 1.47. The van der Waals surface area contributed by atoms with Crippen LogP contribution >= 0.6 is 11.8 Å². The van der Waals surface area contributed by atoms with Crippen molar-refractivity contribution in [3.05, 3.63) is 59.4 Å². The van der Waals surface area contributed by atoms with Crippen LogP contribution in [0.4, 0.5) is 4.39 Å². The van der Waals surface area contributed by atoms with Crippen molar-refractivity contribution in [1.29, 1.82) is 0 Å². The van der Waals surface area contributed by atoms with Crippen LogP contribution in [0.3, 0.4) is 0 Å². The van der Waals surface area contributed by atoms with E-state index in [1.165, 1.54) is 16.5 Å². The summed E-state index contributed by atoms with van der Waals surface area (Å²) < 4.78 is 18.9. The molecule has 0 aromatic heterocycles. The first-order valence-electron chi connectivity index (χ1n) is 9.18. The smallest absolute Gasteiger partial charge is 0.233 e. The summed E-state index contributed by atoms with van der Waals surface area (Å²) in [7, 11) is 1.61. The monoisotopic (exact) mass is 389 g/mol.